The molecule has 0 aromatic carbocycles. The van der Waals surface area contributed by atoms with Gasteiger partial charge in [0, 0.05) is 11.5 Å². The molecule has 0 bridgehead atoms. The summed E-state index contributed by atoms with van der Waals surface area (Å²) >= 11 is 0. The van der Waals surface area contributed by atoms with Crippen LogP contribution in [-0.4, -0.2) is 18.9 Å². The fourth-order valence-electron chi connectivity index (χ4n) is 1.10. The number of hydrogen-bond acceptors (Lipinski definition) is 2. The highest BCUT2D eigenvalue weighted by Crippen LogP contribution is 2.23. The Morgan fingerprint density at radius 3 is 2.20 bits per heavy atom. The Morgan fingerprint density at radius 1 is 1.40 bits per heavy atom. The van der Waals surface area contributed by atoms with Gasteiger partial charge in [0.15, 0.2) is 0 Å². The van der Waals surface area contributed by atoms with Crippen LogP contribution < -0.4 is 5.32 Å². The van der Waals surface area contributed by atoms with Crippen LogP contribution in [0.15, 0.2) is 0 Å². The number of nitrogens with one attached hydrogen (secondary N) is 1. The lowest BCUT2D eigenvalue weighted by molar-refractivity contribution is 0.0173. The van der Waals surface area contributed by atoms with Crippen molar-refractivity contribution in [3.8, 4) is 0 Å². The lowest BCUT2D eigenvalue weighted by Crippen LogP contribution is -2.38. The van der Waals surface area contributed by atoms with Crippen LogP contribution in [0.4, 0.5) is 0 Å². The van der Waals surface area contributed by atoms with Crippen LogP contribution in [-0.2, 0) is 4.74 Å². The van der Waals surface area contributed by atoms with Crippen molar-refractivity contribution in [3.05, 3.63) is 0 Å². The molecule has 0 aromatic heterocycles. The molecule has 0 aromatic rings. The molecule has 0 unspecified atom stereocenters. The van der Waals surface area contributed by atoms with Gasteiger partial charge in [0.1, 0.15) is 6.23 Å². The molecular formula is C8H17NO. The lowest BCUT2D eigenvalue weighted by Gasteiger charge is -2.25. The predicted octanol–water partition coefficient (Wildman–Crippen LogP) is 1.37. The standard InChI is InChI=1S/C8H17NO/c1-6-5-10-7(9-6)8(2,3)4/h6-7,9H,5H2,1-4H3/t6-,7-/m0/s1. The van der Waals surface area contributed by atoms with Crippen molar-refractivity contribution in [3.63, 3.8) is 0 Å². The Balaban J connectivity index is 2.45. The third kappa shape index (κ3) is 1.70. The van der Waals surface area contributed by atoms with Gasteiger partial charge in [-0.2, -0.15) is 0 Å². The summed E-state index contributed by atoms with van der Waals surface area (Å²) in [5, 5.41) is 3.37. The van der Waals surface area contributed by atoms with Crippen molar-refractivity contribution < 1.29 is 4.74 Å². The molecule has 1 N–H and O–H groups in total. The summed E-state index contributed by atoms with van der Waals surface area (Å²) in [7, 11) is 0. The third-order valence-electron chi connectivity index (χ3n) is 1.74. The molecule has 10 heavy (non-hydrogen) atoms. The van der Waals surface area contributed by atoms with Crippen LogP contribution in [0.25, 0.3) is 0 Å². The van der Waals surface area contributed by atoms with Crippen LogP contribution in [0.1, 0.15) is 27.7 Å². The summed E-state index contributed by atoms with van der Waals surface area (Å²) in [5.74, 6) is 0. The average Bonchev–Trinajstić information content (AvgIpc) is 2.11. The fourth-order valence-corrected chi connectivity index (χ4v) is 1.10. The average molecular weight is 143 g/mol. The molecule has 1 saturated heterocycles. The monoisotopic (exact) mass is 143 g/mol. The normalized spacial score (nSPS) is 34.8. The summed E-state index contributed by atoms with van der Waals surface area (Å²) in [6.07, 6.45) is 0.238. The van der Waals surface area contributed by atoms with Gasteiger partial charge in [-0.15, -0.1) is 0 Å². The van der Waals surface area contributed by atoms with Crippen molar-refractivity contribution in [1.82, 2.24) is 5.32 Å². The Hall–Kier alpha value is -0.0800. The molecule has 0 radical (unpaired) electrons. The zero-order valence-electron chi connectivity index (χ0n) is 7.27. The smallest absolute Gasteiger partial charge is 0.113 e. The summed E-state index contributed by atoms with van der Waals surface area (Å²) in [4.78, 5) is 0. The van der Waals surface area contributed by atoms with E-state index in [-0.39, 0.29) is 11.6 Å². The molecule has 1 fully saturated rings. The topological polar surface area (TPSA) is 21.3 Å². The first-order chi connectivity index (χ1) is 4.50. The van der Waals surface area contributed by atoms with Crippen molar-refractivity contribution in [2.75, 3.05) is 6.61 Å². The minimum absolute atomic E-state index is 0.227. The number of rotatable bonds is 0. The van der Waals surface area contributed by atoms with E-state index in [2.05, 4.69) is 33.0 Å². The summed E-state index contributed by atoms with van der Waals surface area (Å²) in [6.45, 7) is 9.54. The van der Waals surface area contributed by atoms with E-state index in [1.807, 2.05) is 0 Å². The zero-order valence-corrected chi connectivity index (χ0v) is 7.27. The predicted molar refractivity (Wildman–Crippen MR) is 41.8 cm³/mol. The highest BCUT2D eigenvalue weighted by Gasteiger charge is 2.31. The molecule has 1 aliphatic rings. The summed E-state index contributed by atoms with van der Waals surface area (Å²) in [5.41, 5.74) is 0.227. The van der Waals surface area contributed by atoms with Crippen molar-refractivity contribution in [1.29, 1.82) is 0 Å². The van der Waals surface area contributed by atoms with E-state index < -0.39 is 0 Å². The van der Waals surface area contributed by atoms with E-state index in [1.54, 1.807) is 0 Å². The number of hydrogen-bond donors (Lipinski definition) is 1. The zero-order chi connectivity index (χ0) is 7.78. The van der Waals surface area contributed by atoms with Crippen LogP contribution in [0.5, 0.6) is 0 Å². The lowest BCUT2D eigenvalue weighted by atomic mass is 9.94. The van der Waals surface area contributed by atoms with Crippen molar-refractivity contribution >= 4 is 0 Å². The summed E-state index contributed by atoms with van der Waals surface area (Å²) < 4.78 is 5.52. The van der Waals surface area contributed by atoms with E-state index >= 15 is 0 Å². The minimum atomic E-state index is 0.227. The van der Waals surface area contributed by atoms with E-state index in [1.165, 1.54) is 0 Å². The van der Waals surface area contributed by atoms with Gasteiger partial charge in [-0.1, -0.05) is 20.8 Å². The second-order valence-corrected chi connectivity index (χ2v) is 4.15. The Labute approximate surface area is 63.0 Å². The Morgan fingerprint density at radius 2 is 2.00 bits per heavy atom. The van der Waals surface area contributed by atoms with Crippen LogP contribution in [0, 0.1) is 5.41 Å². The molecule has 0 spiro atoms. The van der Waals surface area contributed by atoms with E-state index in [9.17, 15) is 0 Å². The molecule has 1 heterocycles. The van der Waals surface area contributed by atoms with E-state index in [0.717, 1.165) is 6.61 Å². The van der Waals surface area contributed by atoms with Crippen molar-refractivity contribution in [2.45, 2.75) is 40.0 Å². The van der Waals surface area contributed by atoms with E-state index in [4.69, 9.17) is 4.74 Å². The molecule has 1 rings (SSSR count). The molecule has 1 aliphatic heterocycles. The first-order valence-electron chi connectivity index (χ1n) is 3.88. The molecular weight excluding hydrogens is 126 g/mol. The van der Waals surface area contributed by atoms with Gasteiger partial charge in [-0.3, -0.25) is 5.32 Å². The van der Waals surface area contributed by atoms with Gasteiger partial charge >= 0.3 is 0 Å². The first kappa shape index (κ1) is 8.02. The Bertz CT molecular complexity index is 117. The van der Waals surface area contributed by atoms with Crippen molar-refractivity contribution in [2.24, 2.45) is 5.41 Å². The van der Waals surface area contributed by atoms with Crippen LogP contribution in [0.2, 0.25) is 0 Å². The minimum Gasteiger partial charge on any atom is -0.361 e. The highest BCUT2D eigenvalue weighted by molar-refractivity contribution is 4.80. The number of ether oxygens (including phenoxy) is 1. The molecule has 60 valence electrons. The maximum atomic E-state index is 5.52. The second kappa shape index (κ2) is 2.51. The quantitative estimate of drug-likeness (QED) is 0.553. The van der Waals surface area contributed by atoms with Gasteiger partial charge in [-0.25, -0.2) is 0 Å². The largest absolute Gasteiger partial charge is 0.361 e. The fraction of sp³-hybridized carbons (Fsp3) is 1.00. The molecule has 2 atom stereocenters. The maximum Gasteiger partial charge on any atom is 0.113 e. The molecule has 2 nitrogen and oxygen atoms in total. The maximum absolute atomic E-state index is 5.52. The van der Waals surface area contributed by atoms with Gasteiger partial charge in [0.2, 0.25) is 0 Å². The highest BCUT2D eigenvalue weighted by atomic mass is 16.5. The first-order valence-corrected chi connectivity index (χ1v) is 3.88. The van der Waals surface area contributed by atoms with Gasteiger partial charge < -0.3 is 4.74 Å². The SMILES string of the molecule is C[C@H]1CO[C@@H](C(C)(C)C)N1. The summed E-state index contributed by atoms with van der Waals surface area (Å²) in [6, 6.07) is 0.518. The second-order valence-electron chi connectivity index (χ2n) is 4.15. The van der Waals surface area contributed by atoms with Crippen LogP contribution in [0.3, 0.4) is 0 Å². The molecule has 0 aliphatic carbocycles. The Kier molecular flexibility index (Phi) is 2.02. The molecule has 0 amide bonds. The molecule has 0 saturated carbocycles. The molecule has 2 heteroatoms. The van der Waals surface area contributed by atoms with E-state index in [0.29, 0.717) is 6.04 Å². The van der Waals surface area contributed by atoms with Gasteiger partial charge in [-0.05, 0) is 6.92 Å². The third-order valence-corrected chi connectivity index (χ3v) is 1.74. The van der Waals surface area contributed by atoms with Gasteiger partial charge in [0.25, 0.3) is 0 Å². The van der Waals surface area contributed by atoms with Gasteiger partial charge in [0.05, 0.1) is 6.61 Å². The van der Waals surface area contributed by atoms with Crippen LogP contribution >= 0.6 is 0 Å².